The van der Waals surface area contributed by atoms with Gasteiger partial charge in [0.25, 0.3) is 0 Å². The molecule has 0 aliphatic heterocycles. The molecule has 2 atom stereocenters. The molecular formula is C10H13N. The molecule has 1 aromatic rings. The second-order valence-electron chi connectivity index (χ2n) is 3.42. The van der Waals surface area contributed by atoms with Gasteiger partial charge in [-0.2, -0.15) is 0 Å². The van der Waals surface area contributed by atoms with Gasteiger partial charge in [-0.25, -0.2) is 0 Å². The van der Waals surface area contributed by atoms with E-state index < -0.39 is 0 Å². The highest BCUT2D eigenvalue weighted by atomic mass is 14.7. The Morgan fingerprint density at radius 1 is 1.45 bits per heavy atom. The third-order valence-electron chi connectivity index (χ3n) is 2.31. The fourth-order valence-electron chi connectivity index (χ4n) is 1.50. The van der Waals surface area contributed by atoms with Gasteiger partial charge in [-0.05, 0) is 18.9 Å². The van der Waals surface area contributed by atoms with E-state index in [1.54, 1.807) is 0 Å². The normalized spacial score (nSPS) is 28.5. The van der Waals surface area contributed by atoms with Crippen molar-refractivity contribution in [3.63, 3.8) is 0 Å². The fourth-order valence-corrected chi connectivity index (χ4v) is 1.50. The molecule has 0 bridgehead atoms. The number of rotatable bonds is 1. The molecule has 1 aliphatic rings. The van der Waals surface area contributed by atoms with Crippen LogP contribution in [-0.2, 0) is 0 Å². The third-order valence-corrected chi connectivity index (χ3v) is 2.31. The van der Waals surface area contributed by atoms with Crippen molar-refractivity contribution in [1.29, 1.82) is 0 Å². The summed E-state index contributed by atoms with van der Waals surface area (Å²) >= 11 is 0. The van der Waals surface area contributed by atoms with Crippen molar-refractivity contribution in [1.82, 2.24) is 0 Å². The van der Waals surface area contributed by atoms with Crippen LogP contribution in [0, 0.1) is 6.92 Å². The molecule has 0 saturated heterocycles. The van der Waals surface area contributed by atoms with Crippen molar-refractivity contribution in [2.75, 3.05) is 0 Å². The van der Waals surface area contributed by atoms with Crippen LogP contribution in [-0.4, -0.2) is 6.04 Å². The van der Waals surface area contributed by atoms with Gasteiger partial charge in [-0.1, -0.05) is 29.8 Å². The predicted octanol–water partition coefficient (Wildman–Crippen LogP) is 1.81. The Hall–Kier alpha value is -0.820. The van der Waals surface area contributed by atoms with E-state index in [0.717, 1.165) is 0 Å². The first kappa shape index (κ1) is 6.86. The molecule has 11 heavy (non-hydrogen) atoms. The van der Waals surface area contributed by atoms with Crippen molar-refractivity contribution >= 4 is 0 Å². The molecule has 1 heteroatoms. The van der Waals surface area contributed by atoms with Gasteiger partial charge in [0.05, 0.1) is 0 Å². The van der Waals surface area contributed by atoms with Crippen molar-refractivity contribution in [2.24, 2.45) is 5.73 Å². The summed E-state index contributed by atoms with van der Waals surface area (Å²) in [6.07, 6.45) is 1.17. The summed E-state index contributed by atoms with van der Waals surface area (Å²) < 4.78 is 0. The van der Waals surface area contributed by atoms with Gasteiger partial charge in [-0.3, -0.25) is 0 Å². The highest BCUT2D eigenvalue weighted by Gasteiger charge is 2.34. The first-order chi connectivity index (χ1) is 5.27. The lowest BCUT2D eigenvalue weighted by atomic mass is 10.1. The van der Waals surface area contributed by atoms with Gasteiger partial charge in [0.2, 0.25) is 0 Å². The molecule has 1 saturated carbocycles. The van der Waals surface area contributed by atoms with Gasteiger partial charge >= 0.3 is 0 Å². The summed E-state index contributed by atoms with van der Waals surface area (Å²) in [6.45, 7) is 2.12. The van der Waals surface area contributed by atoms with Crippen molar-refractivity contribution < 1.29 is 0 Å². The standard InChI is InChI=1S/C10H13N/c1-7-3-2-4-8(5-7)9-6-10(9)11/h2-5,9-10H,6,11H2,1H3/t9?,10-/m1/s1. The van der Waals surface area contributed by atoms with Crippen LogP contribution in [0.2, 0.25) is 0 Å². The average molecular weight is 147 g/mol. The van der Waals surface area contributed by atoms with Crippen LogP contribution < -0.4 is 5.73 Å². The van der Waals surface area contributed by atoms with Crippen LogP contribution >= 0.6 is 0 Å². The highest BCUT2D eigenvalue weighted by Crippen LogP contribution is 2.38. The summed E-state index contributed by atoms with van der Waals surface area (Å²) in [5.74, 6) is 0.648. The molecule has 1 aliphatic carbocycles. The van der Waals surface area contributed by atoms with Crippen molar-refractivity contribution in [3.05, 3.63) is 35.4 Å². The van der Waals surface area contributed by atoms with E-state index in [9.17, 15) is 0 Å². The van der Waals surface area contributed by atoms with Gasteiger partial charge in [0.1, 0.15) is 0 Å². The lowest BCUT2D eigenvalue weighted by molar-refractivity contribution is 0.988. The van der Waals surface area contributed by atoms with E-state index in [1.807, 2.05) is 0 Å². The molecule has 0 heterocycles. The quantitative estimate of drug-likeness (QED) is 0.644. The minimum Gasteiger partial charge on any atom is -0.327 e. The Kier molecular flexibility index (Phi) is 1.46. The van der Waals surface area contributed by atoms with E-state index >= 15 is 0 Å². The highest BCUT2D eigenvalue weighted by molar-refractivity contribution is 5.30. The molecule has 1 fully saturated rings. The number of nitrogens with two attached hydrogens (primary N) is 1. The summed E-state index contributed by atoms with van der Waals surface area (Å²) in [5.41, 5.74) is 8.50. The number of aryl methyl sites for hydroxylation is 1. The lowest BCUT2D eigenvalue weighted by Gasteiger charge is -1.98. The van der Waals surface area contributed by atoms with Crippen molar-refractivity contribution in [3.8, 4) is 0 Å². The molecule has 1 unspecified atom stereocenters. The Labute approximate surface area is 67.2 Å². The van der Waals surface area contributed by atoms with Crippen LogP contribution in [0.25, 0.3) is 0 Å². The molecule has 1 aromatic carbocycles. The number of hydrogen-bond donors (Lipinski definition) is 1. The maximum atomic E-state index is 5.75. The van der Waals surface area contributed by atoms with Crippen LogP contribution in [0.1, 0.15) is 23.5 Å². The predicted molar refractivity (Wildman–Crippen MR) is 46.5 cm³/mol. The molecule has 0 radical (unpaired) electrons. The monoisotopic (exact) mass is 147 g/mol. The number of hydrogen-bond acceptors (Lipinski definition) is 1. The van der Waals surface area contributed by atoms with E-state index in [1.165, 1.54) is 17.5 Å². The van der Waals surface area contributed by atoms with Crippen LogP contribution in [0.5, 0.6) is 0 Å². The summed E-state index contributed by atoms with van der Waals surface area (Å²) in [7, 11) is 0. The summed E-state index contributed by atoms with van der Waals surface area (Å²) in [5, 5.41) is 0. The third kappa shape index (κ3) is 1.29. The Balaban J connectivity index is 2.25. The molecule has 58 valence electrons. The van der Waals surface area contributed by atoms with Crippen molar-refractivity contribution in [2.45, 2.75) is 25.3 Å². The van der Waals surface area contributed by atoms with Crippen LogP contribution in [0.3, 0.4) is 0 Å². The molecule has 0 spiro atoms. The molecule has 0 amide bonds. The molecule has 2 rings (SSSR count). The fraction of sp³-hybridized carbons (Fsp3) is 0.400. The molecule has 1 nitrogen and oxygen atoms in total. The Morgan fingerprint density at radius 2 is 2.18 bits per heavy atom. The Bertz CT molecular complexity index is 267. The zero-order valence-electron chi connectivity index (χ0n) is 6.75. The first-order valence-corrected chi connectivity index (χ1v) is 4.09. The Morgan fingerprint density at radius 3 is 2.73 bits per heavy atom. The van der Waals surface area contributed by atoms with E-state index in [-0.39, 0.29) is 0 Å². The van der Waals surface area contributed by atoms with Gasteiger partial charge in [0, 0.05) is 12.0 Å². The second-order valence-corrected chi connectivity index (χ2v) is 3.42. The zero-order chi connectivity index (χ0) is 7.84. The van der Waals surface area contributed by atoms with E-state index in [0.29, 0.717) is 12.0 Å². The smallest absolute Gasteiger partial charge is 0.0115 e. The van der Waals surface area contributed by atoms with Crippen LogP contribution in [0.4, 0.5) is 0 Å². The maximum Gasteiger partial charge on any atom is 0.0115 e. The van der Waals surface area contributed by atoms with E-state index in [4.69, 9.17) is 5.73 Å². The lowest BCUT2D eigenvalue weighted by Crippen LogP contribution is -2.00. The second kappa shape index (κ2) is 2.35. The number of benzene rings is 1. The minimum atomic E-state index is 0.428. The minimum absolute atomic E-state index is 0.428. The van der Waals surface area contributed by atoms with E-state index in [2.05, 4.69) is 31.2 Å². The average Bonchev–Trinajstić information content (AvgIpc) is 2.67. The zero-order valence-corrected chi connectivity index (χ0v) is 6.75. The topological polar surface area (TPSA) is 26.0 Å². The summed E-state index contributed by atoms with van der Waals surface area (Å²) in [4.78, 5) is 0. The van der Waals surface area contributed by atoms with Crippen LogP contribution in [0.15, 0.2) is 24.3 Å². The van der Waals surface area contributed by atoms with Gasteiger partial charge < -0.3 is 5.73 Å². The largest absolute Gasteiger partial charge is 0.327 e. The molecule has 2 N–H and O–H groups in total. The maximum absolute atomic E-state index is 5.75. The van der Waals surface area contributed by atoms with Gasteiger partial charge in [0.15, 0.2) is 0 Å². The molecule has 0 aromatic heterocycles. The summed E-state index contributed by atoms with van der Waals surface area (Å²) in [6, 6.07) is 9.06. The van der Waals surface area contributed by atoms with Gasteiger partial charge in [-0.15, -0.1) is 0 Å². The SMILES string of the molecule is Cc1cccc(C2C[C@H]2N)c1. The molecular weight excluding hydrogens is 134 g/mol. The first-order valence-electron chi connectivity index (χ1n) is 4.09.